The quantitative estimate of drug-likeness (QED) is 0.694. The first-order valence-electron chi connectivity index (χ1n) is 7.54. The van der Waals surface area contributed by atoms with Gasteiger partial charge in [0.15, 0.2) is 9.84 Å². The molecule has 0 aliphatic rings. The van der Waals surface area contributed by atoms with Gasteiger partial charge in [0, 0.05) is 22.7 Å². The van der Waals surface area contributed by atoms with E-state index in [9.17, 15) is 18.3 Å². The summed E-state index contributed by atoms with van der Waals surface area (Å²) < 4.78 is 34.6. The van der Waals surface area contributed by atoms with Crippen LogP contribution in [0.1, 0.15) is 15.9 Å². The Kier molecular flexibility index (Phi) is 5.06. The van der Waals surface area contributed by atoms with Crippen LogP contribution in [-0.2, 0) is 15.6 Å². The number of nitrogens with zero attached hydrogens (tertiary/aromatic N) is 1. The number of methoxy groups -OCH3 is 1. The largest absolute Gasteiger partial charge is 0.495 e. The zero-order chi connectivity index (χ0) is 18.7. The molecule has 1 N–H and O–H groups in total. The van der Waals surface area contributed by atoms with Crippen molar-refractivity contribution < 1.29 is 23.1 Å². The maximum atomic E-state index is 12.6. The number of sulfone groups is 1. The van der Waals surface area contributed by atoms with Crippen LogP contribution in [0.5, 0.6) is 5.75 Å². The average Bonchev–Trinajstić information content (AvgIpc) is 3.15. The van der Waals surface area contributed by atoms with Crippen molar-refractivity contribution in [2.75, 3.05) is 7.11 Å². The number of carbonyl (C=O) groups is 1. The zero-order valence-corrected chi connectivity index (χ0v) is 15.4. The van der Waals surface area contributed by atoms with Crippen molar-refractivity contribution in [2.45, 2.75) is 10.6 Å². The minimum atomic E-state index is -3.69. The van der Waals surface area contributed by atoms with Crippen LogP contribution in [-0.4, -0.2) is 31.0 Å². The fraction of sp³-hybridized carbons (Fsp3) is 0.111. The second-order valence-corrected chi connectivity index (χ2v) is 8.12. The van der Waals surface area contributed by atoms with Crippen LogP contribution in [0.25, 0.3) is 11.1 Å². The molecule has 26 heavy (non-hydrogen) atoms. The molecule has 0 saturated heterocycles. The molecule has 8 heteroatoms. The highest BCUT2D eigenvalue weighted by Gasteiger charge is 2.25. The van der Waals surface area contributed by atoms with Crippen molar-refractivity contribution >= 4 is 27.3 Å². The number of carboxylic acid groups (broad SMARTS) is 1. The summed E-state index contributed by atoms with van der Waals surface area (Å²) in [5.74, 6) is -1.56. The van der Waals surface area contributed by atoms with E-state index in [1.165, 1.54) is 36.8 Å². The number of aromatic carboxylic acids is 1. The Hall–Kier alpha value is -2.71. The number of aromatic nitrogens is 1. The molecule has 0 radical (unpaired) electrons. The molecule has 0 spiro atoms. The van der Waals surface area contributed by atoms with Crippen molar-refractivity contribution in [2.24, 2.45) is 0 Å². The summed E-state index contributed by atoms with van der Waals surface area (Å²) >= 11 is 1.23. The summed E-state index contributed by atoms with van der Waals surface area (Å²) in [6, 6.07) is 11.1. The second-order valence-electron chi connectivity index (χ2n) is 5.47. The third kappa shape index (κ3) is 3.47. The molecule has 0 amide bonds. The first kappa shape index (κ1) is 18.1. The SMILES string of the molecule is COc1c(-c2cnsc2)ccc(CS(=O)(=O)c2ccccc2)c1C(=O)O. The van der Waals surface area contributed by atoms with Crippen molar-refractivity contribution in [3.05, 3.63) is 65.2 Å². The van der Waals surface area contributed by atoms with E-state index in [-0.39, 0.29) is 21.8 Å². The lowest BCUT2D eigenvalue weighted by atomic mass is 10.00. The first-order chi connectivity index (χ1) is 12.4. The van der Waals surface area contributed by atoms with Gasteiger partial charge in [0.2, 0.25) is 0 Å². The van der Waals surface area contributed by atoms with Crippen molar-refractivity contribution in [3.8, 4) is 16.9 Å². The molecule has 134 valence electrons. The van der Waals surface area contributed by atoms with Gasteiger partial charge in [-0.15, -0.1) is 0 Å². The Morgan fingerprint density at radius 1 is 1.19 bits per heavy atom. The molecule has 0 unspecified atom stereocenters. The molecule has 0 atom stereocenters. The van der Waals surface area contributed by atoms with E-state index in [1.54, 1.807) is 35.8 Å². The highest BCUT2D eigenvalue weighted by atomic mass is 32.2. The highest BCUT2D eigenvalue weighted by Crippen LogP contribution is 2.36. The maximum absolute atomic E-state index is 12.6. The van der Waals surface area contributed by atoms with Gasteiger partial charge < -0.3 is 9.84 Å². The van der Waals surface area contributed by atoms with E-state index in [0.29, 0.717) is 11.1 Å². The van der Waals surface area contributed by atoms with Gasteiger partial charge in [-0.3, -0.25) is 0 Å². The van der Waals surface area contributed by atoms with Gasteiger partial charge in [-0.25, -0.2) is 17.6 Å². The maximum Gasteiger partial charge on any atom is 0.339 e. The van der Waals surface area contributed by atoms with E-state index in [4.69, 9.17) is 4.74 Å². The van der Waals surface area contributed by atoms with E-state index in [1.807, 2.05) is 0 Å². The van der Waals surface area contributed by atoms with Crippen LogP contribution in [0.3, 0.4) is 0 Å². The molecular formula is C18H15NO5S2. The summed E-state index contributed by atoms with van der Waals surface area (Å²) in [6.45, 7) is 0. The van der Waals surface area contributed by atoms with Gasteiger partial charge in [-0.1, -0.05) is 30.3 Å². The van der Waals surface area contributed by atoms with Gasteiger partial charge in [0.25, 0.3) is 0 Å². The molecule has 6 nitrogen and oxygen atoms in total. The minimum absolute atomic E-state index is 0.124. The third-order valence-electron chi connectivity index (χ3n) is 3.85. The zero-order valence-electron chi connectivity index (χ0n) is 13.7. The molecule has 1 heterocycles. The van der Waals surface area contributed by atoms with Crippen LogP contribution in [0.15, 0.2) is 58.9 Å². The summed E-state index contributed by atoms with van der Waals surface area (Å²) in [5, 5.41) is 11.4. The lowest BCUT2D eigenvalue weighted by Crippen LogP contribution is -2.12. The predicted molar refractivity (Wildman–Crippen MR) is 98.4 cm³/mol. The Bertz CT molecular complexity index is 1030. The molecule has 0 bridgehead atoms. The highest BCUT2D eigenvalue weighted by molar-refractivity contribution is 7.90. The Labute approximate surface area is 154 Å². The van der Waals surface area contributed by atoms with Crippen molar-refractivity contribution in [1.82, 2.24) is 4.37 Å². The molecule has 2 aromatic carbocycles. The molecule has 0 saturated carbocycles. The first-order valence-corrected chi connectivity index (χ1v) is 10.0. The summed E-state index contributed by atoms with van der Waals surface area (Å²) in [7, 11) is -2.33. The monoisotopic (exact) mass is 389 g/mol. The molecule has 3 aromatic rings. The van der Waals surface area contributed by atoms with Crippen molar-refractivity contribution in [3.63, 3.8) is 0 Å². The van der Waals surface area contributed by atoms with Gasteiger partial charge in [-0.05, 0) is 29.2 Å². The topological polar surface area (TPSA) is 93.6 Å². The lowest BCUT2D eigenvalue weighted by molar-refractivity contribution is 0.0692. The molecule has 3 rings (SSSR count). The van der Waals surface area contributed by atoms with Gasteiger partial charge in [0.1, 0.15) is 11.3 Å². The van der Waals surface area contributed by atoms with Crippen molar-refractivity contribution in [1.29, 1.82) is 0 Å². The van der Waals surface area contributed by atoms with E-state index in [0.717, 1.165) is 0 Å². The summed E-state index contributed by atoms with van der Waals surface area (Å²) in [4.78, 5) is 12.0. The summed E-state index contributed by atoms with van der Waals surface area (Å²) in [5.41, 5.74) is 1.28. The average molecular weight is 389 g/mol. The molecule has 0 aliphatic carbocycles. The number of benzene rings is 2. The van der Waals surface area contributed by atoms with E-state index >= 15 is 0 Å². The number of hydrogen-bond acceptors (Lipinski definition) is 6. The van der Waals surface area contributed by atoms with Crippen LogP contribution >= 0.6 is 11.5 Å². The lowest BCUT2D eigenvalue weighted by Gasteiger charge is -2.15. The predicted octanol–water partition coefficient (Wildman–Crippen LogP) is 3.49. The Morgan fingerprint density at radius 2 is 1.92 bits per heavy atom. The van der Waals surface area contributed by atoms with Crippen LogP contribution in [0.4, 0.5) is 0 Å². The molecule has 0 fully saturated rings. The van der Waals surface area contributed by atoms with Crippen LogP contribution < -0.4 is 4.74 Å². The van der Waals surface area contributed by atoms with Crippen LogP contribution in [0.2, 0.25) is 0 Å². The normalized spacial score (nSPS) is 11.3. The van der Waals surface area contributed by atoms with Gasteiger partial charge in [0.05, 0.1) is 17.8 Å². The standard InChI is InChI=1S/C18H15NO5S2/c1-24-17-15(13-9-19-25-10-13)8-7-12(16(17)18(20)21)11-26(22,23)14-5-3-2-4-6-14/h2-10H,11H2,1H3,(H,20,21). The number of ether oxygens (including phenoxy) is 1. The van der Waals surface area contributed by atoms with Gasteiger partial charge in [-0.2, -0.15) is 0 Å². The molecular weight excluding hydrogens is 374 g/mol. The Morgan fingerprint density at radius 3 is 2.50 bits per heavy atom. The summed E-state index contributed by atoms with van der Waals surface area (Å²) in [6.07, 6.45) is 1.61. The fourth-order valence-electron chi connectivity index (χ4n) is 2.67. The van der Waals surface area contributed by atoms with Crippen LogP contribution in [0, 0.1) is 0 Å². The smallest absolute Gasteiger partial charge is 0.339 e. The molecule has 1 aromatic heterocycles. The van der Waals surface area contributed by atoms with Gasteiger partial charge >= 0.3 is 5.97 Å². The number of rotatable bonds is 6. The third-order valence-corrected chi connectivity index (χ3v) is 6.12. The van der Waals surface area contributed by atoms with E-state index in [2.05, 4.69) is 4.37 Å². The molecule has 0 aliphatic heterocycles. The van der Waals surface area contributed by atoms with E-state index < -0.39 is 21.6 Å². The second kappa shape index (κ2) is 7.27. The number of carboxylic acids is 1. The fourth-order valence-corrected chi connectivity index (χ4v) is 4.60. The minimum Gasteiger partial charge on any atom is -0.495 e. The Balaban J connectivity index is 2.12. The number of hydrogen-bond donors (Lipinski definition) is 1.